The molecular weight excluding hydrogens is 341 g/mol. The van der Waals surface area contributed by atoms with Crippen LogP contribution in [-0.2, 0) is 14.6 Å². The molecule has 1 atom stereocenters. The van der Waals surface area contributed by atoms with E-state index < -0.39 is 21.0 Å². The number of anilines is 1. The Kier molecular flexibility index (Phi) is 4.31. The van der Waals surface area contributed by atoms with Gasteiger partial charge in [-0.1, -0.05) is 12.1 Å². The molecule has 0 aromatic heterocycles. The van der Waals surface area contributed by atoms with Gasteiger partial charge in [-0.3, -0.25) is 4.79 Å². The molecule has 4 nitrogen and oxygen atoms in total. The highest BCUT2D eigenvalue weighted by molar-refractivity contribution is 14.1. The molecule has 1 N–H and O–H groups in total. The zero-order valence-electron chi connectivity index (χ0n) is 8.90. The first-order valence-electron chi connectivity index (χ1n) is 4.56. The average Bonchev–Trinajstić information content (AvgIpc) is 2.19. The number of hydrogen-bond donors (Lipinski definition) is 1. The number of halogens is 1. The van der Waals surface area contributed by atoms with E-state index in [0.717, 1.165) is 9.83 Å². The molecule has 1 rings (SSSR count). The smallest absolute Gasteiger partial charge is 0.242 e. The lowest BCUT2D eigenvalue weighted by Gasteiger charge is -2.11. The highest BCUT2D eigenvalue weighted by Gasteiger charge is 2.23. The van der Waals surface area contributed by atoms with Crippen molar-refractivity contribution in [3.8, 4) is 0 Å². The lowest BCUT2D eigenvalue weighted by molar-refractivity contribution is -0.115. The van der Waals surface area contributed by atoms with E-state index >= 15 is 0 Å². The lowest BCUT2D eigenvalue weighted by Crippen LogP contribution is -2.32. The second-order valence-electron chi connectivity index (χ2n) is 3.44. The molecule has 6 heteroatoms. The van der Waals surface area contributed by atoms with Crippen molar-refractivity contribution in [1.29, 1.82) is 0 Å². The summed E-state index contributed by atoms with van der Waals surface area (Å²) in [5.41, 5.74) is 0.628. The molecule has 0 aliphatic carbocycles. The molecule has 0 heterocycles. The van der Waals surface area contributed by atoms with Crippen molar-refractivity contribution < 1.29 is 13.2 Å². The summed E-state index contributed by atoms with van der Waals surface area (Å²) in [7, 11) is -3.35. The van der Waals surface area contributed by atoms with E-state index in [1.807, 2.05) is 12.1 Å². The Bertz CT molecular complexity index is 499. The van der Waals surface area contributed by atoms with Crippen molar-refractivity contribution in [2.24, 2.45) is 0 Å². The maximum absolute atomic E-state index is 11.6. The van der Waals surface area contributed by atoms with Crippen molar-refractivity contribution in [1.82, 2.24) is 0 Å². The summed E-state index contributed by atoms with van der Waals surface area (Å²) < 4.78 is 23.2. The summed E-state index contributed by atoms with van der Waals surface area (Å²) in [4.78, 5) is 11.6. The van der Waals surface area contributed by atoms with E-state index in [-0.39, 0.29) is 0 Å². The summed E-state index contributed by atoms with van der Waals surface area (Å²) in [6.07, 6.45) is 1.05. The molecule has 0 saturated heterocycles. The molecule has 1 aromatic rings. The van der Waals surface area contributed by atoms with E-state index in [9.17, 15) is 13.2 Å². The van der Waals surface area contributed by atoms with Crippen LogP contribution in [0.1, 0.15) is 6.92 Å². The normalized spacial score (nSPS) is 13.2. The quantitative estimate of drug-likeness (QED) is 0.841. The minimum absolute atomic E-state index is 0.508. The van der Waals surface area contributed by atoms with Gasteiger partial charge in [-0.05, 0) is 41.6 Å². The molecule has 1 unspecified atom stereocenters. The zero-order chi connectivity index (χ0) is 12.3. The van der Waals surface area contributed by atoms with Crippen LogP contribution in [0.15, 0.2) is 24.3 Å². The third-order valence-electron chi connectivity index (χ3n) is 2.14. The van der Waals surface area contributed by atoms with Crippen molar-refractivity contribution in [2.75, 3.05) is 11.6 Å². The van der Waals surface area contributed by atoms with Crippen LogP contribution >= 0.6 is 22.6 Å². The fourth-order valence-electron chi connectivity index (χ4n) is 0.991. The number of sulfone groups is 1. The van der Waals surface area contributed by atoms with Crippen LogP contribution in [0, 0.1) is 3.57 Å². The van der Waals surface area contributed by atoms with Crippen molar-refractivity contribution >= 4 is 44.0 Å². The van der Waals surface area contributed by atoms with E-state index in [1.54, 1.807) is 12.1 Å². The molecular formula is C10H12INO3S. The Balaban J connectivity index is 2.84. The maximum Gasteiger partial charge on any atom is 0.242 e. The summed E-state index contributed by atoms with van der Waals surface area (Å²) in [5.74, 6) is -0.508. The van der Waals surface area contributed by atoms with Crippen LogP contribution in [0.5, 0.6) is 0 Å². The fraction of sp³-hybridized carbons (Fsp3) is 0.300. The summed E-state index contributed by atoms with van der Waals surface area (Å²) >= 11 is 2.07. The number of carbonyl (C=O) groups excluding carboxylic acids is 1. The molecule has 0 aliphatic heterocycles. The van der Waals surface area contributed by atoms with Gasteiger partial charge >= 0.3 is 0 Å². The Morgan fingerprint density at radius 2 is 1.94 bits per heavy atom. The molecule has 0 aliphatic rings. The van der Waals surface area contributed by atoms with Crippen molar-refractivity contribution in [2.45, 2.75) is 12.2 Å². The molecule has 0 radical (unpaired) electrons. The van der Waals surface area contributed by atoms with Crippen LogP contribution in [0.4, 0.5) is 5.69 Å². The summed E-state index contributed by atoms with van der Waals surface area (Å²) in [5, 5.41) is 1.55. The predicted octanol–water partition coefficient (Wildman–Crippen LogP) is 1.66. The Labute approximate surface area is 108 Å². The Morgan fingerprint density at radius 3 is 2.44 bits per heavy atom. The van der Waals surface area contributed by atoms with Gasteiger partial charge in [0.05, 0.1) is 5.69 Å². The van der Waals surface area contributed by atoms with Crippen LogP contribution in [0.2, 0.25) is 0 Å². The maximum atomic E-state index is 11.6. The SMILES string of the molecule is CC(C(=O)Nc1ccccc1I)S(C)(=O)=O. The highest BCUT2D eigenvalue weighted by atomic mass is 127. The monoisotopic (exact) mass is 353 g/mol. The predicted molar refractivity (Wildman–Crippen MR) is 72.1 cm³/mol. The van der Waals surface area contributed by atoms with Crippen LogP contribution in [0.25, 0.3) is 0 Å². The van der Waals surface area contributed by atoms with E-state index in [1.165, 1.54) is 6.92 Å². The average molecular weight is 353 g/mol. The van der Waals surface area contributed by atoms with Gasteiger partial charge in [-0.25, -0.2) is 8.42 Å². The number of hydrogen-bond acceptors (Lipinski definition) is 3. The topological polar surface area (TPSA) is 63.2 Å². The highest BCUT2D eigenvalue weighted by Crippen LogP contribution is 2.17. The third-order valence-corrected chi connectivity index (χ3v) is 4.58. The molecule has 0 saturated carbocycles. The first kappa shape index (κ1) is 13.4. The largest absolute Gasteiger partial charge is 0.324 e. The van der Waals surface area contributed by atoms with Crippen LogP contribution in [0.3, 0.4) is 0 Å². The van der Waals surface area contributed by atoms with Gasteiger partial charge in [0.2, 0.25) is 5.91 Å². The molecule has 1 amide bonds. The van der Waals surface area contributed by atoms with Gasteiger partial charge in [0.1, 0.15) is 5.25 Å². The minimum Gasteiger partial charge on any atom is -0.324 e. The molecule has 1 aromatic carbocycles. The van der Waals surface area contributed by atoms with E-state index in [2.05, 4.69) is 27.9 Å². The number of rotatable bonds is 3. The number of amides is 1. The van der Waals surface area contributed by atoms with Gasteiger partial charge in [-0.15, -0.1) is 0 Å². The van der Waals surface area contributed by atoms with Gasteiger partial charge in [-0.2, -0.15) is 0 Å². The van der Waals surface area contributed by atoms with Crippen LogP contribution < -0.4 is 5.32 Å². The second kappa shape index (κ2) is 5.13. The van der Waals surface area contributed by atoms with Gasteiger partial charge in [0.25, 0.3) is 0 Å². The minimum atomic E-state index is -3.35. The Morgan fingerprint density at radius 1 is 1.38 bits per heavy atom. The van der Waals surface area contributed by atoms with Gasteiger partial charge < -0.3 is 5.32 Å². The molecule has 0 fully saturated rings. The van der Waals surface area contributed by atoms with Crippen molar-refractivity contribution in [3.05, 3.63) is 27.8 Å². The second-order valence-corrected chi connectivity index (χ2v) is 6.97. The lowest BCUT2D eigenvalue weighted by atomic mass is 10.3. The Hall–Kier alpha value is -0.630. The van der Waals surface area contributed by atoms with Crippen LogP contribution in [-0.4, -0.2) is 25.8 Å². The van der Waals surface area contributed by atoms with E-state index in [0.29, 0.717) is 5.69 Å². The molecule has 16 heavy (non-hydrogen) atoms. The van der Waals surface area contributed by atoms with E-state index in [4.69, 9.17) is 0 Å². The number of nitrogens with one attached hydrogen (secondary N) is 1. The third kappa shape index (κ3) is 3.44. The summed E-state index contributed by atoms with van der Waals surface area (Å²) in [6.45, 7) is 1.38. The molecule has 0 bridgehead atoms. The first-order valence-corrected chi connectivity index (χ1v) is 7.60. The summed E-state index contributed by atoms with van der Waals surface area (Å²) in [6, 6.07) is 7.19. The first-order chi connectivity index (χ1) is 7.32. The number of carbonyl (C=O) groups is 1. The van der Waals surface area contributed by atoms with Crippen molar-refractivity contribution in [3.63, 3.8) is 0 Å². The molecule has 0 spiro atoms. The number of para-hydroxylation sites is 1. The fourth-order valence-corrected chi connectivity index (χ4v) is 1.96. The van der Waals surface area contributed by atoms with Gasteiger partial charge in [0, 0.05) is 9.83 Å². The molecule has 88 valence electrons. The zero-order valence-corrected chi connectivity index (χ0v) is 11.9. The number of benzene rings is 1. The standard InChI is InChI=1S/C10H12INO3S/c1-7(16(2,14)15)10(13)12-9-6-4-3-5-8(9)11/h3-7H,1-2H3,(H,12,13). The van der Waals surface area contributed by atoms with Gasteiger partial charge in [0.15, 0.2) is 9.84 Å².